The van der Waals surface area contributed by atoms with Crippen LogP contribution in [0.3, 0.4) is 0 Å². The molecule has 2 bridgehead atoms. The maximum absolute atomic E-state index is 10.8. The van der Waals surface area contributed by atoms with Crippen molar-refractivity contribution in [1.29, 1.82) is 0 Å². The van der Waals surface area contributed by atoms with Crippen molar-refractivity contribution in [3.8, 4) is 0 Å². The van der Waals surface area contributed by atoms with Crippen LogP contribution in [0, 0.1) is 0 Å². The molecule has 2 N–H and O–H groups in total. The number of hydrogen-bond donors (Lipinski definition) is 1. The highest BCUT2D eigenvalue weighted by atomic mass is 16.7. The Labute approximate surface area is 65.2 Å². The van der Waals surface area contributed by atoms with E-state index in [0.29, 0.717) is 0 Å². The maximum Gasteiger partial charge on any atom is 0.338 e. The number of urea groups is 1. The van der Waals surface area contributed by atoms with Gasteiger partial charge in [0.1, 0.15) is 0 Å². The molecular formula is C7H12N2O2. The van der Waals surface area contributed by atoms with Crippen molar-refractivity contribution < 1.29 is 9.63 Å². The highest BCUT2D eigenvalue weighted by Crippen LogP contribution is 2.32. The SMILES string of the molecule is NC(=O)N1OC2CCC1CC2. The summed E-state index contributed by atoms with van der Waals surface area (Å²) in [6.45, 7) is 0. The van der Waals surface area contributed by atoms with Crippen LogP contribution in [0.15, 0.2) is 0 Å². The Morgan fingerprint density at radius 2 is 2.00 bits per heavy atom. The van der Waals surface area contributed by atoms with Crippen molar-refractivity contribution in [2.45, 2.75) is 37.8 Å². The van der Waals surface area contributed by atoms with Crippen LogP contribution in [0.5, 0.6) is 0 Å². The van der Waals surface area contributed by atoms with Gasteiger partial charge in [0.2, 0.25) is 0 Å². The molecule has 2 heterocycles. The predicted octanol–water partition coefficient (Wildman–Crippen LogP) is 0.623. The Balaban J connectivity index is 2.08. The van der Waals surface area contributed by atoms with Gasteiger partial charge >= 0.3 is 6.03 Å². The number of nitrogens with two attached hydrogens (primary N) is 1. The van der Waals surface area contributed by atoms with E-state index in [0.717, 1.165) is 25.7 Å². The molecule has 0 aromatic rings. The Bertz CT molecular complexity index is 175. The first-order valence-corrected chi connectivity index (χ1v) is 4.03. The van der Waals surface area contributed by atoms with Crippen molar-refractivity contribution >= 4 is 6.03 Å². The van der Waals surface area contributed by atoms with E-state index in [-0.39, 0.29) is 12.1 Å². The monoisotopic (exact) mass is 156 g/mol. The summed E-state index contributed by atoms with van der Waals surface area (Å²) in [6, 6.07) is -0.197. The van der Waals surface area contributed by atoms with Crippen molar-refractivity contribution in [2.24, 2.45) is 5.73 Å². The lowest BCUT2D eigenvalue weighted by Crippen LogP contribution is -2.53. The predicted molar refractivity (Wildman–Crippen MR) is 38.6 cm³/mol. The number of hydrogen-bond acceptors (Lipinski definition) is 2. The van der Waals surface area contributed by atoms with Crippen LogP contribution in [0.25, 0.3) is 0 Å². The molecule has 4 heteroatoms. The highest BCUT2D eigenvalue weighted by Gasteiger charge is 2.36. The summed E-state index contributed by atoms with van der Waals surface area (Å²) in [5.41, 5.74) is 5.12. The van der Waals surface area contributed by atoms with E-state index in [1.165, 1.54) is 5.06 Å². The topological polar surface area (TPSA) is 55.6 Å². The summed E-state index contributed by atoms with van der Waals surface area (Å²) >= 11 is 0. The first-order valence-electron chi connectivity index (χ1n) is 4.03. The van der Waals surface area contributed by atoms with Gasteiger partial charge in [0, 0.05) is 0 Å². The van der Waals surface area contributed by atoms with Gasteiger partial charge in [0.15, 0.2) is 0 Å². The van der Waals surface area contributed by atoms with Gasteiger partial charge in [-0.2, -0.15) is 0 Å². The van der Waals surface area contributed by atoms with Gasteiger partial charge in [-0.25, -0.2) is 9.86 Å². The number of carbonyl (C=O) groups is 1. The molecule has 0 radical (unpaired) electrons. The molecule has 2 saturated heterocycles. The summed E-state index contributed by atoms with van der Waals surface area (Å²) in [7, 11) is 0. The molecule has 1 aliphatic carbocycles. The lowest BCUT2D eigenvalue weighted by Gasteiger charge is -2.43. The summed E-state index contributed by atoms with van der Waals surface area (Å²) in [5, 5.41) is 1.34. The molecule has 1 saturated carbocycles. The number of carbonyl (C=O) groups excluding carboxylic acids is 1. The zero-order chi connectivity index (χ0) is 7.84. The van der Waals surface area contributed by atoms with Crippen LogP contribution in [-0.4, -0.2) is 23.2 Å². The number of amides is 2. The first kappa shape index (κ1) is 6.91. The third-order valence-electron chi connectivity index (χ3n) is 2.46. The van der Waals surface area contributed by atoms with E-state index in [1.807, 2.05) is 0 Å². The molecule has 0 spiro atoms. The molecule has 0 unspecified atom stereocenters. The van der Waals surface area contributed by atoms with Gasteiger partial charge in [-0.15, -0.1) is 0 Å². The fraction of sp³-hybridized carbons (Fsp3) is 0.857. The molecule has 62 valence electrons. The molecule has 4 nitrogen and oxygen atoms in total. The van der Waals surface area contributed by atoms with Crippen molar-refractivity contribution in [2.75, 3.05) is 0 Å². The van der Waals surface area contributed by atoms with Crippen LogP contribution in [0.2, 0.25) is 0 Å². The first-order chi connectivity index (χ1) is 5.27. The Morgan fingerprint density at radius 3 is 2.27 bits per heavy atom. The Kier molecular flexibility index (Phi) is 1.49. The quantitative estimate of drug-likeness (QED) is 0.559. The van der Waals surface area contributed by atoms with Gasteiger partial charge in [-0.3, -0.25) is 4.84 Å². The molecule has 3 fully saturated rings. The number of nitrogens with zero attached hydrogens (tertiary/aromatic N) is 1. The normalized spacial score (nSPS) is 35.8. The van der Waals surface area contributed by atoms with Gasteiger partial charge in [-0.05, 0) is 25.7 Å². The van der Waals surface area contributed by atoms with E-state index in [1.54, 1.807) is 0 Å². The van der Waals surface area contributed by atoms with Gasteiger partial charge in [0.05, 0.1) is 12.1 Å². The minimum atomic E-state index is -0.445. The minimum absolute atomic E-state index is 0.243. The lowest BCUT2D eigenvalue weighted by molar-refractivity contribution is -0.239. The second kappa shape index (κ2) is 2.37. The Hall–Kier alpha value is -0.770. The second-order valence-corrected chi connectivity index (χ2v) is 3.20. The summed E-state index contributed by atoms with van der Waals surface area (Å²) < 4.78 is 0. The number of primary amides is 1. The molecule has 3 aliphatic rings. The summed E-state index contributed by atoms with van der Waals surface area (Å²) in [4.78, 5) is 16.1. The van der Waals surface area contributed by atoms with E-state index in [4.69, 9.17) is 10.6 Å². The molecule has 0 aromatic heterocycles. The zero-order valence-corrected chi connectivity index (χ0v) is 6.32. The molecule has 2 amide bonds. The van der Waals surface area contributed by atoms with Crippen LogP contribution in [0.4, 0.5) is 4.79 Å². The molecule has 0 aromatic carbocycles. The Morgan fingerprint density at radius 1 is 1.36 bits per heavy atom. The average molecular weight is 156 g/mol. The minimum Gasteiger partial charge on any atom is -0.350 e. The molecule has 0 atom stereocenters. The van der Waals surface area contributed by atoms with Gasteiger partial charge < -0.3 is 5.73 Å². The van der Waals surface area contributed by atoms with Gasteiger partial charge in [0.25, 0.3) is 0 Å². The van der Waals surface area contributed by atoms with Crippen molar-refractivity contribution in [1.82, 2.24) is 5.06 Å². The molecular weight excluding hydrogens is 144 g/mol. The third kappa shape index (κ3) is 1.07. The molecule has 3 rings (SSSR count). The van der Waals surface area contributed by atoms with Crippen LogP contribution in [0.1, 0.15) is 25.7 Å². The lowest BCUT2D eigenvalue weighted by atomic mass is 9.91. The fourth-order valence-electron chi connectivity index (χ4n) is 1.86. The number of hydroxylamine groups is 2. The zero-order valence-electron chi connectivity index (χ0n) is 6.32. The van der Waals surface area contributed by atoms with E-state index in [2.05, 4.69) is 0 Å². The maximum atomic E-state index is 10.8. The molecule has 11 heavy (non-hydrogen) atoms. The second-order valence-electron chi connectivity index (χ2n) is 3.20. The van der Waals surface area contributed by atoms with E-state index in [9.17, 15) is 4.79 Å². The van der Waals surface area contributed by atoms with Crippen LogP contribution < -0.4 is 5.73 Å². The molecule has 2 aliphatic heterocycles. The summed E-state index contributed by atoms with van der Waals surface area (Å²) in [6.07, 6.45) is 4.50. The van der Waals surface area contributed by atoms with E-state index < -0.39 is 6.03 Å². The smallest absolute Gasteiger partial charge is 0.338 e. The summed E-state index contributed by atoms with van der Waals surface area (Å²) in [5.74, 6) is 0. The highest BCUT2D eigenvalue weighted by molar-refractivity contribution is 5.71. The van der Waals surface area contributed by atoms with Crippen LogP contribution in [-0.2, 0) is 4.84 Å². The van der Waals surface area contributed by atoms with Gasteiger partial charge in [-0.1, -0.05) is 0 Å². The largest absolute Gasteiger partial charge is 0.350 e. The standard InChI is InChI=1S/C7H12N2O2/c8-7(10)9-5-1-3-6(11-9)4-2-5/h5-6H,1-4H2,(H2,8,10). The van der Waals surface area contributed by atoms with Crippen molar-refractivity contribution in [3.63, 3.8) is 0 Å². The van der Waals surface area contributed by atoms with Crippen molar-refractivity contribution in [3.05, 3.63) is 0 Å². The third-order valence-corrected chi connectivity index (χ3v) is 2.46. The average Bonchev–Trinajstić information content (AvgIpc) is 2.06. The van der Waals surface area contributed by atoms with E-state index >= 15 is 0 Å². The number of rotatable bonds is 0. The number of fused-ring (bicyclic) bond motifs is 3. The fourth-order valence-corrected chi connectivity index (χ4v) is 1.86. The van der Waals surface area contributed by atoms with Crippen LogP contribution >= 0.6 is 0 Å².